The summed E-state index contributed by atoms with van der Waals surface area (Å²) in [6.07, 6.45) is 0. The van der Waals surface area contributed by atoms with Crippen LogP contribution in [0.25, 0.3) is 11.2 Å². The van der Waals surface area contributed by atoms with Gasteiger partial charge in [0.05, 0.1) is 0 Å². The third-order valence-corrected chi connectivity index (χ3v) is 4.32. The molecule has 0 saturated carbocycles. The van der Waals surface area contributed by atoms with Gasteiger partial charge < -0.3 is 9.88 Å². The topological polar surface area (TPSA) is 79.2 Å². The molecule has 1 N–H and O–H groups in total. The number of anilines is 1. The van der Waals surface area contributed by atoms with Crippen molar-refractivity contribution >= 4 is 41.1 Å². The molecule has 0 radical (unpaired) electrons. The highest BCUT2D eigenvalue weighted by Crippen LogP contribution is 2.15. The highest BCUT2D eigenvalue weighted by molar-refractivity contribution is 6.18. The van der Waals surface area contributed by atoms with Gasteiger partial charge in [-0.1, -0.05) is 0 Å². The van der Waals surface area contributed by atoms with Crippen LogP contribution in [0.2, 0.25) is 0 Å². The molecule has 3 heterocycles. The number of rotatable bonds is 3. The lowest BCUT2D eigenvalue weighted by atomic mass is 10.3. The molecule has 0 aliphatic carbocycles. The SMILES string of the molecule is Cl.Cn1c(=O)c2[nH]c(N3CCN(CCCl)CC3)nc2n(C)c1=O. The Balaban J connectivity index is 0.00000192. The largest absolute Gasteiger partial charge is 0.340 e. The Labute approximate surface area is 144 Å². The van der Waals surface area contributed by atoms with E-state index in [1.165, 1.54) is 11.6 Å². The Bertz CT molecular complexity index is 803. The summed E-state index contributed by atoms with van der Waals surface area (Å²) in [4.78, 5) is 36.0. The number of aromatic amines is 1. The molecule has 23 heavy (non-hydrogen) atoms. The highest BCUT2D eigenvalue weighted by atomic mass is 35.5. The molecule has 0 unspecified atom stereocenters. The van der Waals surface area contributed by atoms with Crippen molar-refractivity contribution < 1.29 is 0 Å². The van der Waals surface area contributed by atoms with E-state index in [9.17, 15) is 9.59 Å². The van der Waals surface area contributed by atoms with Crippen LogP contribution in [0.5, 0.6) is 0 Å². The number of nitrogens with one attached hydrogen (secondary N) is 1. The minimum Gasteiger partial charge on any atom is -0.340 e. The van der Waals surface area contributed by atoms with Crippen LogP contribution in [0.15, 0.2) is 9.59 Å². The standard InChI is InChI=1S/C13H19ClN6O2.ClH/c1-17-10-9(11(21)18(2)13(17)22)15-12(16-10)20-7-5-19(4-3-14)6-8-20;/h3-8H2,1-2H3,(H,15,16);1H. The lowest BCUT2D eigenvalue weighted by molar-refractivity contribution is 0.271. The van der Waals surface area contributed by atoms with Gasteiger partial charge in [0.1, 0.15) is 0 Å². The molecule has 3 rings (SSSR count). The Morgan fingerprint density at radius 1 is 1.13 bits per heavy atom. The van der Waals surface area contributed by atoms with Crippen molar-refractivity contribution in [2.75, 3.05) is 43.5 Å². The summed E-state index contributed by atoms with van der Waals surface area (Å²) in [6.45, 7) is 4.31. The van der Waals surface area contributed by atoms with E-state index in [2.05, 4.69) is 19.8 Å². The molecule has 1 saturated heterocycles. The number of aromatic nitrogens is 4. The molecule has 10 heteroatoms. The summed E-state index contributed by atoms with van der Waals surface area (Å²) in [6, 6.07) is 0. The molecular formula is C13H20Cl2N6O2. The number of piperazine rings is 1. The van der Waals surface area contributed by atoms with E-state index in [1.807, 2.05) is 0 Å². The summed E-state index contributed by atoms with van der Waals surface area (Å²) >= 11 is 5.76. The van der Waals surface area contributed by atoms with Crippen LogP contribution in [0, 0.1) is 0 Å². The molecule has 1 aliphatic heterocycles. The van der Waals surface area contributed by atoms with E-state index in [1.54, 1.807) is 7.05 Å². The number of aryl methyl sites for hydroxylation is 1. The smallest absolute Gasteiger partial charge is 0.332 e. The maximum atomic E-state index is 12.2. The second-order valence-corrected chi connectivity index (χ2v) is 5.86. The van der Waals surface area contributed by atoms with Gasteiger partial charge in [0.15, 0.2) is 11.2 Å². The number of hydrogen-bond acceptors (Lipinski definition) is 5. The van der Waals surface area contributed by atoms with E-state index in [-0.39, 0.29) is 23.7 Å². The molecular weight excluding hydrogens is 343 g/mol. The van der Waals surface area contributed by atoms with Crippen LogP contribution >= 0.6 is 24.0 Å². The molecule has 0 aromatic carbocycles. The van der Waals surface area contributed by atoms with Crippen LogP contribution in [0.3, 0.4) is 0 Å². The first-order chi connectivity index (χ1) is 10.5. The first-order valence-electron chi connectivity index (χ1n) is 7.22. The van der Waals surface area contributed by atoms with Gasteiger partial charge in [-0.3, -0.25) is 18.8 Å². The molecule has 0 bridgehead atoms. The number of imidazole rings is 1. The average molecular weight is 363 g/mol. The lowest BCUT2D eigenvalue weighted by Crippen LogP contribution is -2.47. The summed E-state index contributed by atoms with van der Waals surface area (Å²) in [5.41, 5.74) is 0.0363. The van der Waals surface area contributed by atoms with Crippen LogP contribution in [-0.4, -0.2) is 62.6 Å². The fourth-order valence-corrected chi connectivity index (χ4v) is 3.01. The molecule has 2 aromatic rings. The number of nitrogens with zero attached hydrogens (tertiary/aromatic N) is 5. The van der Waals surface area contributed by atoms with Gasteiger partial charge in [0.25, 0.3) is 5.56 Å². The van der Waals surface area contributed by atoms with E-state index < -0.39 is 0 Å². The molecule has 0 atom stereocenters. The minimum atomic E-state index is -0.373. The first kappa shape index (κ1) is 17.8. The van der Waals surface area contributed by atoms with Crippen molar-refractivity contribution in [2.24, 2.45) is 14.1 Å². The monoisotopic (exact) mass is 362 g/mol. The third-order valence-electron chi connectivity index (χ3n) is 4.15. The van der Waals surface area contributed by atoms with Crippen LogP contribution < -0.4 is 16.1 Å². The molecule has 128 valence electrons. The summed E-state index contributed by atoms with van der Waals surface area (Å²) < 4.78 is 2.48. The number of alkyl halides is 1. The van der Waals surface area contributed by atoms with Crippen molar-refractivity contribution in [2.45, 2.75) is 0 Å². The summed E-state index contributed by atoms with van der Waals surface area (Å²) in [5.74, 6) is 1.27. The molecule has 1 fully saturated rings. The van der Waals surface area contributed by atoms with Crippen molar-refractivity contribution in [1.82, 2.24) is 24.0 Å². The highest BCUT2D eigenvalue weighted by Gasteiger charge is 2.21. The van der Waals surface area contributed by atoms with Gasteiger partial charge >= 0.3 is 5.69 Å². The maximum Gasteiger partial charge on any atom is 0.332 e. The number of hydrogen-bond donors (Lipinski definition) is 1. The van der Waals surface area contributed by atoms with Gasteiger partial charge in [0, 0.05) is 52.7 Å². The Morgan fingerprint density at radius 2 is 1.78 bits per heavy atom. The van der Waals surface area contributed by atoms with Crippen molar-refractivity contribution in [3.63, 3.8) is 0 Å². The fourth-order valence-electron chi connectivity index (χ4n) is 2.77. The van der Waals surface area contributed by atoms with E-state index in [0.29, 0.717) is 23.0 Å². The quantitative estimate of drug-likeness (QED) is 0.761. The molecule has 0 amide bonds. The minimum absolute atomic E-state index is 0. The van der Waals surface area contributed by atoms with Crippen molar-refractivity contribution in [3.8, 4) is 0 Å². The van der Waals surface area contributed by atoms with Gasteiger partial charge in [-0.05, 0) is 0 Å². The zero-order valence-electron chi connectivity index (χ0n) is 13.1. The number of fused-ring (bicyclic) bond motifs is 1. The molecule has 0 spiro atoms. The lowest BCUT2D eigenvalue weighted by Gasteiger charge is -2.34. The normalized spacial score (nSPS) is 15.9. The van der Waals surface area contributed by atoms with Gasteiger partial charge in [-0.15, -0.1) is 24.0 Å². The molecule has 2 aromatic heterocycles. The maximum absolute atomic E-state index is 12.2. The zero-order valence-corrected chi connectivity index (χ0v) is 14.7. The zero-order chi connectivity index (χ0) is 15.9. The Morgan fingerprint density at radius 3 is 2.39 bits per heavy atom. The van der Waals surface area contributed by atoms with Gasteiger partial charge in [-0.2, -0.15) is 4.98 Å². The Hall–Kier alpha value is -1.51. The first-order valence-corrected chi connectivity index (χ1v) is 7.75. The average Bonchev–Trinajstić information content (AvgIpc) is 2.97. The van der Waals surface area contributed by atoms with Gasteiger partial charge in [0.2, 0.25) is 5.95 Å². The van der Waals surface area contributed by atoms with E-state index >= 15 is 0 Å². The Kier molecular flexibility index (Phi) is 5.38. The summed E-state index contributed by atoms with van der Waals surface area (Å²) in [7, 11) is 3.09. The van der Waals surface area contributed by atoms with E-state index in [0.717, 1.165) is 37.3 Å². The van der Waals surface area contributed by atoms with Gasteiger partial charge in [-0.25, -0.2) is 4.79 Å². The summed E-state index contributed by atoms with van der Waals surface area (Å²) in [5, 5.41) is 0. The van der Waals surface area contributed by atoms with E-state index in [4.69, 9.17) is 11.6 Å². The van der Waals surface area contributed by atoms with Crippen molar-refractivity contribution in [1.29, 1.82) is 0 Å². The fraction of sp³-hybridized carbons (Fsp3) is 0.615. The predicted octanol–water partition coefficient (Wildman–Crippen LogP) is -0.257. The predicted molar refractivity (Wildman–Crippen MR) is 93.2 cm³/mol. The molecule has 1 aliphatic rings. The molecule has 8 nitrogen and oxygen atoms in total. The third kappa shape index (κ3) is 3.11. The second kappa shape index (κ2) is 6.94. The number of halogens is 2. The van der Waals surface area contributed by atoms with Crippen LogP contribution in [-0.2, 0) is 14.1 Å². The van der Waals surface area contributed by atoms with Crippen LogP contribution in [0.1, 0.15) is 0 Å². The van der Waals surface area contributed by atoms with Crippen LogP contribution in [0.4, 0.5) is 5.95 Å². The number of H-pyrrole nitrogens is 1. The second-order valence-electron chi connectivity index (χ2n) is 5.48. The van der Waals surface area contributed by atoms with Crippen molar-refractivity contribution in [3.05, 3.63) is 20.8 Å².